The zero-order chi connectivity index (χ0) is 17.5. The molecule has 4 nitrogen and oxygen atoms in total. The largest absolute Gasteiger partial charge is 0.444 e. The first kappa shape index (κ1) is 20.3. The van der Waals surface area contributed by atoms with Gasteiger partial charge in [-0.25, -0.2) is 4.79 Å². The molecule has 0 aromatic carbocycles. The average molecular weight is 327 g/mol. The van der Waals surface area contributed by atoms with Crippen LogP contribution in [0.4, 0.5) is 4.79 Å². The Bertz CT molecular complexity index is 342. The van der Waals surface area contributed by atoms with E-state index in [-0.39, 0.29) is 12.1 Å². The number of hydrogen-bond donors (Lipinski definition) is 2. The van der Waals surface area contributed by atoms with Gasteiger partial charge in [0.05, 0.1) is 0 Å². The molecule has 1 aliphatic carbocycles. The number of carbonyl (C=O) groups excluding carboxylic acids is 1. The number of nitrogens with one attached hydrogen (secondary N) is 2. The van der Waals surface area contributed by atoms with E-state index in [9.17, 15) is 4.79 Å². The summed E-state index contributed by atoms with van der Waals surface area (Å²) in [6, 6.07) is 0.711. The number of hydrogen-bond acceptors (Lipinski definition) is 3. The minimum absolute atomic E-state index is 0.109. The first-order chi connectivity index (χ1) is 10.7. The molecular weight excluding hydrogens is 288 g/mol. The van der Waals surface area contributed by atoms with Crippen LogP contribution in [0.1, 0.15) is 80.1 Å². The minimum Gasteiger partial charge on any atom is -0.444 e. The van der Waals surface area contributed by atoms with E-state index in [4.69, 9.17) is 4.74 Å². The summed E-state index contributed by atoms with van der Waals surface area (Å²) < 4.78 is 5.37. The van der Waals surface area contributed by atoms with Crippen molar-refractivity contribution in [2.24, 2.45) is 11.8 Å². The van der Waals surface area contributed by atoms with Crippen LogP contribution in [0.15, 0.2) is 0 Å². The summed E-state index contributed by atoms with van der Waals surface area (Å²) >= 11 is 0. The fraction of sp³-hybridized carbons (Fsp3) is 0.947. The second kappa shape index (κ2) is 9.51. The summed E-state index contributed by atoms with van der Waals surface area (Å²) in [5.74, 6) is 1.31. The van der Waals surface area contributed by atoms with Crippen LogP contribution >= 0.6 is 0 Å². The van der Waals surface area contributed by atoms with Gasteiger partial charge in [-0.05, 0) is 58.3 Å². The third kappa shape index (κ3) is 8.59. The molecule has 1 atom stereocenters. The normalized spacial score (nSPS) is 23.6. The Kier molecular flexibility index (Phi) is 8.38. The molecule has 1 saturated carbocycles. The van der Waals surface area contributed by atoms with E-state index >= 15 is 0 Å². The molecule has 0 spiro atoms. The predicted molar refractivity (Wildman–Crippen MR) is 96.7 cm³/mol. The first-order valence-corrected chi connectivity index (χ1v) is 9.44. The minimum atomic E-state index is -0.448. The second-order valence-electron chi connectivity index (χ2n) is 8.41. The topological polar surface area (TPSA) is 50.4 Å². The molecule has 0 aromatic rings. The summed E-state index contributed by atoms with van der Waals surface area (Å²) in [5.41, 5.74) is -0.448. The quantitative estimate of drug-likeness (QED) is 0.725. The smallest absolute Gasteiger partial charge is 0.407 e. The molecule has 1 amide bonds. The van der Waals surface area contributed by atoms with Gasteiger partial charge in [-0.1, -0.05) is 33.6 Å². The van der Waals surface area contributed by atoms with E-state index in [1.165, 1.54) is 38.5 Å². The lowest BCUT2D eigenvalue weighted by atomic mass is 9.83. The van der Waals surface area contributed by atoms with Crippen LogP contribution in [0.5, 0.6) is 0 Å². The molecule has 0 aromatic heterocycles. The van der Waals surface area contributed by atoms with Crippen molar-refractivity contribution >= 4 is 6.09 Å². The van der Waals surface area contributed by atoms with Gasteiger partial charge in [0.15, 0.2) is 0 Å². The van der Waals surface area contributed by atoms with Gasteiger partial charge in [0, 0.05) is 18.6 Å². The monoisotopic (exact) mass is 326 g/mol. The third-order valence-corrected chi connectivity index (χ3v) is 4.68. The Morgan fingerprint density at radius 1 is 1.17 bits per heavy atom. The Labute approximate surface area is 143 Å². The zero-order valence-corrected chi connectivity index (χ0v) is 16.1. The molecule has 2 N–H and O–H groups in total. The van der Waals surface area contributed by atoms with Crippen molar-refractivity contribution in [3.8, 4) is 0 Å². The van der Waals surface area contributed by atoms with Crippen LogP contribution in [0.2, 0.25) is 0 Å². The molecule has 1 unspecified atom stereocenters. The van der Waals surface area contributed by atoms with Crippen molar-refractivity contribution in [2.45, 2.75) is 97.8 Å². The van der Waals surface area contributed by atoms with Crippen LogP contribution in [-0.2, 0) is 4.74 Å². The molecule has 0 radical (unpaired) electrons. The van der Waals surface area contributed by atoms with Crippen LogP contribution in [-0.4, -0.2) is 30.3 Å². The maximum Gasteiger partial charge on any atom is 0.407 e. The summed E-state index contributed by atoms with van der Waals surface area (Å²) in [5, 5.41) is 6.68. The maximum atomic E-state index is 12.0. The SMILES string of the molecule is CCCC1CCC(NCC(NC(=O)OC(C)(C)C)C(C)C)CC1. The summed E-state index contributed by atoms with van der Waals surface area (Å²) in [6.07, 6.45) is 7.59. The van der Waals surface area contributed by atoms with Crippen molar-refractivity contribution in [3.05, 3.63) is 0 Å². The molecule has 4 heteroatoms. The highest BCUT2D eigenvalue weighted by Gasteiger charge is 2.24. The van der Waals surface area contributed by atoms with E-state index < -0.39 is 5.60 Å². The standard InChI is InChI=1S/C19H38N2O2/c1-7-8-15-9-11-16(12-10-15)20-13-17(14(2)3)21-18(22)23-19(4,5)6/h14-17,20H,7-13H2,1-6H3,(H,21,22). The molecule has 1 fully saturated rings. The summed E-state index contributed by atoms with van der Waals surface area (Å²) in [7, 11) is 0. The van der Waals surface area contributed by atoms with Crippen molar-refractivity contribution < 1.29 is 9.53 Å². The van der Waals surface area contributed by atoms with Gasteiger partial charge in [0.1, 0.15) is 5.60 Å². The second-order valence-corrected chi connectivity index (χ2v) is 8.41. The molecule has 0 bridgehead atoms. The number of alkyl carbamates (subject to hydrolysis) is 1. The van der Waals surface area contributed by atoms with Crippen molar-refractivity contribution in [1.29, 1.82) is 0 Å². The fourth-order valence-corrected chi connectivity index (χ4v) is 3.27. The van der Waals surface area contributed by atoms with Gasteiger partial charge in [0.25, 0.3) is 0 Å². The molecule has 1 rings (SSSR count). The summed E-state index contributed by atoms with van der Waals surface area (Å²) in [6.45, 7) is 13.1. The van der Waals surface area contributed by atoms with Crippen molar-refractivity contribution in [2.75, 3.05) is 6.54 Å². The Hall–Kier alpha value is -0.770. The lowest BCUT2D eigenvalue weighted by Crippen LogP contribution is -2.49. The lowest BCUT2D eigenvalue weighted by molar-refractivity contribution is 0.0488. The fourth-order valence-electron chi connectivity index (χ4n) is 3.27. The number of rotatable bonds is 7. The van der Waals surface area contributed by atoms with Gasteiger partial charge in [0.2, 0.25) is 0 Å². The first-order valence-electron chi connectivity index (χ1n) is 9.44. The highest BCUT2D eigenvalue weighted by Crippen LogP contribution is 2.27. The van der Waals surface area contributed by atoms with Gasteiger partial charge in [-0.3, -0.25) is 0 Å². The average Bonchev–Trinajstić information content (AvgIpc) is 2.43. The highest BCUT2D eigenvalue weighted by molar-refractivity contribution is 5.68. The zero-order valence-electron chi connectivity index (χ0n) is 16.1. The van der Waals surface area contributed by atoms with Crippen LogP contribution in [0.3, 0.4) is 0 Å². The predicted octanol–water partition coefficient (Wildman–Crippen LogP) is 4.48. The Balaban J connectivity index is 2.35. The molecule has 0 heterocycles. The Morgan fingerprint density at radius 3 is 2.26 bits per heavy atom. The lowest BCUT2D eigenvalue weighted by Gasteiger charge is -2.32. The molecular formula is C19H38N2O2. The van der Waals surface area contributed by atoms with Gasteiger partial charge in [-0.2, -0.15) is 0 Å². The van der Waals surface area contributed by atoms with E-state index in [0.29, 0.717) is 12.0 Å². The number of carbonyl (C=O) groups is 1. The molecule has 1 aliphatic rings. The molecule has 136 valence electrons. The van der Waals surface area contributed by atoms with Gasteiger partial charge < -0.3 is 15.4 Å². The highest BCUT2D eigenvalue weighted by atomic mass is 16.6. The maximum absolute atomic E-state index is 12.0. The van der Waals surface area contributed by atoms with Crippen LogP contribution in [0.25, 0.3) is 0 Å². The van der Waals surface area contributed by atoms with Crippen LogP contribution < -0.4 is 10.6 Å². The number of amides is 1. The van der Waals surface area contributed by atoms with E-state index in [0.717, 1.165) is 12.5 Å². The third-order valence-electron chi connectivity index (χ3n) is 4.68. The van der Waals surface area contributed by atoms with Crippen molar-refractivity contribution in [3.63, 3.8) is 0 Å². The van der Waals surface area contributed by atoms with Crippen LogP contribution in [0, 0.1) is 11.8 Å². The summed E-state index contributed by atoms with van der Waals surface area (Å²) in [4.78, 5) is 12.0. The van der Waals surface area contributed by atoms with E-state index in [1.807, 2.05) is 20.8 Å². The number of ether oxygens (including phenoxy) is 1. The van der Waals surface area contributed by atoms with Gasteiger partial charge >= 0.3 is 6.09 Å². The van der Waals surface area contributed by atoms with E-state index in [1.54, 1.807) is 0 Å². The van der Waals surface area contributed by atoms with Crippen molar-refractivity contribution in [1.82, 2.24) is 10.6 Å². The molecule has 23 heavy (non-hydrogen) atoms. The Morgan fingerprint density at radius 2 is 1.78 bits per heavy atom. The van der Waals surface area contributed by atoms with Gasteiger partial charge in [-0.15, -0.1) is 0 Å². The molecule has 0 aliphatic heterocycles. The molecule has 0 saturated heterocycles. The van der Waals surface area contributed by atoms with E-state index in [2.05, 4.69) is 31.4 Å².